The van der Waals surface area contributed by atoms with E-state index in [1.165, 1.54) is 0 Å². The molecule has 12 nitrogen and oxygen atoms in total. The molecule has 0 aliphatic carbocycles. The Labute approximate surface area is 274 Å². The SMILES string of the molecule is N[C@@H](Cc1c[nH]c2ccccc12)C(=O)O.N[C@@H](Cc1c[nH]c2ccccc12)C(=O)O.N[C@@H](Cc1c[nH]c2ccccc12)C(=O)O.[Cr]. The van der Waals surface area contributed by atoms with E-state index in [0.717, 1.165) is 49.4 Å². The number of hydrogen-bond donors (Lipinski definition) is 9. The van der Waals surface area contributed by atoms with E-state index < -0.39 is 36.0 Å². The Hall–Kier alpha value is -4.90. The van der Waals surface area contributed by atoms with E-state index in [4.69, 9.17) is 32.5 Å². The second kappa shape index (κ2) is 16.4. The number of aliphatic carboxylic acids is 3. The molecule has 0 bridgehead atoms. The molecule has 3 aromatic heterocycles. The van der Waals surface area contributed by atoms with E-state index in [0.29, 0.717) is 19.3 Å². The van der Waals surface area contributed by atoms with Gasteiger partial charge in [-0.05, 0) is 34.9 Å². The van der Waals surface area contributed by atoms with Crippen LogP contribution in [0.1, 0.15) is 16.7 Å². The van der Waals surface area contributed by atoms with Crippen molar-refractivity contribution in [3.05, 3.63) is 108 Å². The van der Waals surface area contributed by atoms with Gasteiger partial charge in [0.2, 0.25) is 0 Å². The molecule has 3 heterocycles. The summed E-state index contributed by atoms with van der Waals surface area (Å²) < 4.78 is 0. The molecule has 3 aromatic carbocycles. The molecule has 6 rings (SSSR count). The molecule has 3 atom stereocenters. The maximum Gasteiger partial charge on any atom is 0.320 e. The Bertz CT molecular complexity index is 1700. The normalized spacial score (nSPS) is 12.6. The molecular weight excluding hydrogens is 628 g/mol. The van der Waals surface area contributed by atoms with Crippen molar-refractivity contribution < 1.29 is 47.1 Å². The van der Waals surface area contributed by atoms with Crippen LogP contribution in [0, 0.1) is 0 Å². The number of H-pyrrole nitrogens is 3. The zero-order valence-corrected chi connectivity index (χ0v) is 26.0. The van der Waals surface area contributed by atoms with Gasteiger partial charge >= 0.3 is 17.9 Å². The molecule has 0 unspecified atom stereocenters. The number of aromatic amines is 3. The largest absolute Gasteiger partial charge is 0.480 e. The van der Waals surface area contributed by atoms with Crippen LogP contribution in [0.2, 0.25) is 0 Å². The third-order valence-corrected chi connectivity index (χ3v) is 7.30. The number of carboxylic acid groups (broad SMARTS) is 3. The molecule has 0 aliphatic rings. The molecule has 0 radical (unpaired) electrons. The van der Waals surface area contributed by atoms with Crippen molar-refractivity contribution in [2.45, 2.75) is 37.4 Å². The summed E-state index contributed by atoms with van der Waals surface area (Å²) in [7, 11) is 0. The Kier molecular flexibility index (Phi) is 12.7. The van der Waals surface area contributed by atoms with Crippen molar-refractivity contribution in [2.24, 2.45) is 17.2 Å². The van der Waals surface area contributed by atoms with Gasteiger partial charge in [0.05, 0.1) is 0 Å². The smallest absolute Gasteiger partial charge is 0.320 e. The van der Waals surface area contributed by atoms with Crippen LogP contribution in [0.5, 0.6) is 0 Å². The molecule has 12 N–H and O–H groups in total. The van der Waals surface area contributed by atoms with Crippen LogP contribution >= 0.6 is 0 Å². The minimum atomic E-state index is -0.972. The summed E-state index contributed by atoms with van der Waals surface area (Å²) in [5.74, 6) is -2.92. The van der Waals surface area contributed by atoms with Crippen molar-refractivity contribution in [3.63, 3.8) is 0 Å². The molecule has 240 valence electrons. The number of carboxylic acids is 3. The summed E-state index contributed by atoms with van der Waals surface area (Å²) in [4.78, 5) is 41.1. The molecule has 13 heteroatoms. The fourth-order valence-electron chi connectivity index (χ4n) is 4.87. The number of nitrogens with one attached hydrogen (secondary N) is 3. The zero-order chi connectivity index (χ0) is 32.5. The summed E-state index contributed by atoms with van der Waals surface area (Å²) in [6.07, 6.45) is 6.48. The fraction of sp³-hybridized carbons (Fsp3) is 0.182. The summed E-state index contributed by atoms with van der Waals surface area (Å²) in [5, 5.41) is 29.3. The minimum Gasteiger partial charge on any atom is -0.480 e. The van der Waals surface area contributed by atoms with Gasteiger partial charge in [-0.25, -0.2) is 0 Å². The van der Waals surface area contributed by atoms with Crippen LogP contribution in [0.3, 0.4) is 0 Å². The molecule has 0 spiro atoms. The van der Waals surface area contributed by atoms with Gasteiger partial charge in [-0.3, -0.25) is 14.4 Å². The number of hydrogen-bond acceptors (Lipinski definition) is 6. The second-order valence-electron chi connectivity index (χ2n) is 10.5. The Morgan fingerprint density at radius 3 is 0.978 bits per heavy atom. The van der Waals surface area contributed by atoms with Crippen LogP contribution in [0.25, 0.3) is 32.7 Å². The summed E-state index contributed by atoms with van der Waals surface area (Å²) in [5.41, 5.74) is 22.3. The van der Waals surface area contributed by atoms with E-state index in [1.54, 1.807) is 0 Å². The summed E-state index contributed by atoms with van der Waals surface area (Å²) >= 11 is 0. The Morgan fingerprint density at radius 2 is 0.739 bits per heavy atom. The number of fused-ring (bicyclic) bond motifs is 3. The number of nitrogens with two attached hydrogens (primary N) is 3. The average Bonchev–Trinajstić information content (AvgIpc) is 3.75. The Morgan fingerprint density at radius 1 is 0.500 bits per heavy atom. The molecule has 0 fully saturated rings. The first-order valence-electron chi connectivity index (χ1n) is 14.1. The van der Waals surface area contributed by atoms with Gasteiger partial charge in [-0.15, -0.1) is 0 Å². The van der Waals surface area contributed by atoms with Crippen molar-refractivity contribution in [2.75, 3.05) is 0 Å². The standard InChI is InChI=1S/3C11H12N2O2.Cr/c3*12-9(11(14)15)5-7-6-13-10-4-2-1-3-8(7)10;/h3*1-4,6,9,13H,5,12H2,(H,14,15);/t3*9-;/m000./s1. The molecule has 6 aromatic rings. The maximum absolute atomic E-state index is 10.6. The van der Waals surface area contributed by atoms with Crippen LogP contribution in [-0.2, 0) is 51.0 Å². The van der Waals surface area contributed by atoms with Gasteiger partial charge in [0.15, 0.2) is 0 Å². The van der Waals surface area contributed by atoms with Crippen molar-refractivity contribution in [1.82, 2.24) is 15.0 Å². The first-order valence-corrected chi connectivity index (χ1v) is 14.1. The average molecular weight is 665 g/mol. The zero-order valence-electron chi connectivity index (χ0n) is 24.7. The molecule has 0 saturated heterocycles. The first kappa shape index (κ1) is 35.6. The minimum absolute atomic E-state index is 0. The van der Waals surface area contributed by atoms with E-state index in [2.05, 4.69) is 15.0 Å². The summed E-state index contributed by atoms with van der Waals surface area (Å²) in [6.45, 7) is 0. The number of rotatable bonds is 9. The quantitative estimate of drug-likeness (QED) is 0.110. The van der Waals surface area contributed by atoms with E-state index in [-0.39, 0.29) is 17.4 Å². The number of carbonyl (C=O) groups is 3. The number of para-hydroxylation sites is 3. The predicted octanol–water partition coefficient (Wildman–Crippen LogP) is 3.36. The van der Waals surface area contributed by atoms with Gasteiger partial charge in [-0.1, -0.05) is 54.6 Å². The van der Waals surface area contributed by atoms with Gasteiger partial charge in [0, 0.05) is 87.9 Å². The second-order valence-corrected chi connectivity index (χ2v) is 10.5. The molecule has 0 saturated carbocycles. The third kappa shape index (κ3) is 9.07. The van der Waals surface area contributed by atoms with Crippen molar-refractivity contribution >= 4 is 50.6 Å². The summed E-state index contributed by atoms with van der Waals surface area (Å²) in [6, 6.07) is 20.7. The van der Waals surface area contributed by atoms with Crippen LogP contribution < -0.4 is 17.2 Å². The van der Waals surface area contributed by atoms with Gasteiger partial charge in [0.25, 0.3) is 0 Å². The van der Waals surface area contributed by atoms with E-state index in [1.807, 2.05) is 91.4 Å². The van der Waals surface area contributed by atoms with Gasteiger partial charge in [-0.2, -0.15) is 0 Å². The van der Waals surface area contributed by atoms with Crippen LogP contribution in [0.15, 0.2) is 91.4 Å². The van der Waals surface area contributed by atoms with Crippen LogP contribution in [-0.4, -0.2) is 66.3 Å². The first-order chi connectivity index (χ1) is 21.5. The third-order valence-electron chi connectivity index (χ3n) is 7.30. The topological polar surface area (TPSA) is 237 Å². The maximum atomic E-state index is 10.6. The monoisotopic (exact) mass is 664 g/mol. The van der Waals surface area contributed by atoms with Crippen molar-refractivity contribution in [1.29, 1.82) is 0 Å². The van der Waals surface area contributed by atoms with E-state index >= 15 is 0 Å². The van der Waals surface area contributed by atoms with Crippen molar-refractivity contribution in [3.8, 4) is 0 Å². The number of benzene rings is 3. The Balaban J connectivity index is 0.000000186. The van der Waals surface area contributed by atoms with E-state index in [9.17, 15) is 14.4 Å². The number of aromatic nitrogens is 3. The van der Waals surface area contributed by atoms with Gasteiger partial charge < -0.3 is 47.5 Å². The molecule has 0 amide bonds. The fourth-order valence-corrected chi connectivity index (χ4v) is 4.87. The van der Waals surface area contributed by atoms with Gasteiger partial charge in [0.1, 0.15) is 18.1 Å². The molecule has 46 heavy (non-hydrogen) atoms. The predicted molar refractivity (Wildman–Crippen MR) is 173 cm³/mol. The van der Waals surface area contributed by atoms with Crippen LogP contribution in [0.4, 0.5) is 0 Å². The molecule has 0 aliphatic heterocycles. The molecular formula is C33H36CrN6O6.